The molecule has 0 aliphatic heterocycles. The SMILES string of the molecule is B/C(C=C)=N/n1ccnc1C=C. The molecule has 1 aromatic heterocycles. The number of allylic oxidation sites excluding steroid dienone is 1. The van der Waals surface area contributed by atoms with E-state index < -0.39 is 0 Å². The molecule has 4 heteroatoms. The Morgan fingerprint density at radius 2 is 2.42 bits per heavy atom. The minimum absolute atomic E-state index is 0.733. The van der Waals surface area contributed by atoms with Crippen molar-refractivity contribution in [1.29, 1.82) is 0 Å². The molecule has 0 aliphatic rings. The maximum absolute atomic E-state index is 4.19. The lowest BCUT2D eigenvalue weighted by Gasteiger charge is -1.96. The third kappa shape index (κ3) is 1.72. The van der Waals surface area contributed by atoms with Gasteiger partial charge in [-0.15, -0.1) is 0 Å². The van der Waals surface area contributed by atoms with E-state index in [0.29, 0.717) is 0 Å². The van der Waals surface area contributed by atoms with Gasteiger partial charge in [-0.3, -0.25) is 0 Å². The minimum atomic E-state index is 0.733. The molecule has 0 aliphatic carbocycles. The van der Waals surface area contributed by atoms with Crippen LogP contribution in [0.15, 0.2) is 36.7 Å². The zero-order chi connectivity index (χ0) is 8.97. The zero-order valence-corrected chi connectivity index (χ0v) is 7.07. The average Bonchev–Trinajstić information content (AvgIpc) is 2.51. The first-order valence-electron chi connectivity index (χ1n) is 3.61. The third-order valence-corrected chi connectivity index (χ3v) is 1.39. The van der Waals surface area contributed by atoms with Crippen LogP contribution in [-0.4, -0.2) is 23.1 Å². The molecule has 0 amide bonds. The molecule has 0 N–H and O–H groups in total. The van der Waals surface area contributed by atoms with Crippen molar-refractivity contribution in [3.63, 3.8) is 0 Å². The van der Waals surface area contributed by atoms with Gasteiger partial charge in [-0.05, 0) is 6.08 Å². The molecule has 0 saturated heterocycles. The first-order chi connectivity index (χ1) is 5.77. The lowest BCUT2D eigenvalue weighted by molar-refractivity contribution is 0.866. The molecule has 0 aromatic carbocycles. The lowest BCUT2D eigenvalue weighted by atomic mass is 10.0. The summed E-state index contributed by atoms with van der Waals surface area (Å²) >= 11 is 0. The molecule has 0 saturated carbocycles. The Morgan fingerprint density at radius 3 is 3.00 bits per heavy atom. The fourth-order valence-corrected chi connectivity index (χ4v) is 0.750. The smallest absolute Gasteiger partial charge is 0.166 e. The fourth-order valence-electron chi connectivity index (χ4n) is 0.750. The van der Waals surface area contributed by atoms with Gasteiger partial charge in [-0.2, -0.15) is 5.10 Å². The summed E-state index contributed by atoms with van der Waals surface area (Å²) in [6.07, 6.45) is 6.79. The van der Waals surface area contributed by atoms with E-state index >= 15 is 0 Å². The molecule has 3 nitrogen and oxygen atoms in total. The molecule has 0 unspecified atom stereocenters. The van der Waals surface area contributed by atoms with Crippen LogP contribution in [0.2, 0.25) is 0 Å². The van der Waals surface area contributed by atoms with Gasteiger partial charge in [0.25, 0.3) is 0 Å². The van der Waals surface area contributed by atoms with Crippen molar-refractivity contribution in [3.05, 3.63) is 37.5 Å². The van der Waals surface area contributed by atoms with Crippen LogP contribution in [0.25, 0.3) is 6.08 Å². The summed E-state index contributed by atoms with van der Waals surface area (Å²) in [5, 5.41) is 4.19. The second-order valence-electron chi connectivity index (χ2n) is 2.28. The molecule has 0 radical (unpaired) electrons. The molecule has 1 aromatic rings. The number of hydrogen-bond donors (Lipinski definition) is 0. The number of rotatable bonds is 3. The molecular formula is C8H10BN3. The van der Waals surface area contributed by atoms with Crippen LogP contribution in [0.4, 0.5) is 0 Å². The molecule has 1 heterocycles. The van der Waals surface area contributed by atoms with Gasteiger partial charge in [0.1, 0.15) is 0 Å². The summed E-state index contributed by atoms with van der Waals surface area (Å²) in [6, 6.07) is 0. The molecule has 1 rings (SSSR count). The number of aromatic nitrogens is 2. The molecule has 12 heavy (non-hydrogen) atoms. The largest absolute Gasteiger partial charge is 0.236 e. The van der Waals surface area contributed by atoms with Crippen molar-refractivity contribution in [1.82, 2.24) is 9.66 Å². The molecule has 0 spiro atoms. The highest BCUT2D eigenvalue weighted by atomic mass is 15.4. The Labute approximate surface area is 72.5 Å². The van der Waals surface area contributed by atoms with Gasteiger partial charge >= 0.3 is 0 Å². The summed E-state index contributed by atoms with van der Waals surface area (Å²) < 4.78 is 1.66. The molecule has 0 fully saturated rings. The van der Waals surface area contributed by atoms with Crippen molar-refractivity contribution in [2.24, 2.45) is 5.10 Å². The summed E-state index contributed by atoms with van der Waals surface area (Å²) in [5.41, 5.74) is 0.844. The predicted molar refractivity (Wildman–Crippen MR) is 53.9 cm³/mol. The quantitative estimate of drug-likeness (QED) is 0.466. The van der Waals surface area contributed by atoms with Gasteiger partial charge in [-0.25, -0.2) is 9.66 Å². The first kappa shape index (κ1) is 8.52. The molecule has 0 atom stereocenters. The zero-order valence-electron chi connectivity index (χ0n) is 7.07. The maximum atomic E-state index is 4.19. The van der Waals surface area contributed by atoms with Gasteiger partial charge < -0.3 is 0 Å². The van der Waals surface area contributed by atoms with E-state index in [4.69, 9.17) is 0 Å². The third-order valence-electron chi connectivity index (χ3n) is 1.39. The van der Waals surface area contributed by atoms with Gasteiger partial charge in [-0.1, -0.05) is 19.2 Å². The summed E-state index contributed by atoms with van der Waals surface area (Å²) in [6.45, 7) is 7.22. The van der Waals surface area contributed by atoms with E-state index in [1.807, 2.05) is 7.85 Å². The van der Waals surface area contributed by atoms with Crippen molar-refractivity contribution >= 4 is 19.5 Å². The van der Waals surface area contributed by atoms with Crippen LogP contribution in [0.3, 0.4) is 0 Å². The molecule has 0 bridgehead atoms. The van der Waals surface area contributed by atoms with Crippen molar-refractivity contribution in [2.75, 3.05) is 0 Å². The Morgan fingerprint density at radius 1 is 1.67 bits per heavy atom. The lowest BCUT2D eigenvalue weighted by Crippen LogP contribution is -1.98. The van der Waals surface area contributed by atoms with Crippen LogP contribution in [0.1, 0.15) is 5.82 Å². The Hall–Kier alpha value is -1.58. The summed E-state index contributed by atoms with van der Waals surface area (Å²) in [5.74, 6) is 0.733. The standard InChI is InChI=1S/C8H10BN3/c1-3-7(9)11-12-6-5-10-8(12)4-2/h3-6H,1-2,9H2/b11-7+. The number of hydrogen-bond acceptors (Lipinski definition) is 2. The van der Waals surface area contributed by atoms with Crippen LogP contribution < -0.4 is 0 Å². The van der Waals surface area contributed by atoms with Crippen LogP contribution in [-0.2, 0) is 0 Å². The monoisotopic (exact) mass is 159 g/mol. The fraction of sp³-hybridized carbons (Fsp3) is 0. The molecular weight excluding hydrogens is 149 g/mol. The number of imidazole rings is 1. The van der Waals surface area contributed by atoms with Crippen LogP contribution in [0.5, 0.6) is 0 Å². The summed E-state index contributed by atoms with van der Waals surface area (Å²) in [7, 11) is 1.87. The first-order valence-corrected chi connectivity index (χ1v) is 3.61. The predicted octanol–water partition coefficient (Wildman–Crippen LogP) is 0.507. The van der Waals surface area contributed by atoms with Crippen LogP contribution >= 0.6 is 0 Å². The topological polar surface area (TPSA) is 30.2 Å². The van der Waals surface area contributed by atoms with E-state index in [1.165, 1.54) is 0 Å². The highest BCUT2D eigenvalue weighted by Crippen LogP contribution is 1.98. The molecule has 60 valence electrons. The van der Waals surface area contributed by atoms with E-state index in [2.05, 4.69) is 23.2 Å². The van der Waals surface area contributed by atoms with E-state index in [0.717, 1.165) is 11.4 Å². The van der Waals surface area contributed by atoms with E-state index in [-0.39, 0.29) is 0 Å². The Bertz CT molecular complexity index is 325. The minimum Gasteiger partial charge on any atom is -0.236 e. The average molecular weight is 159 g/mol. The highest BCUT2D eigenvalue weighted by molar-refractivity contribution is 6.62. The van der Waals surface area contributed by atoms with Crippen molar-refractivity contribution in [3.8, 4) is 0 Å². The normalized spacial score (nSPS) is 11.2. The van der Waals surface area contributed by atoms with E-state index in [9.17, 15) is 0 Å². The van der Waals surface area contributed by atoms with Gasteiger partial charge in [0.2, 0.25) is 0 Å². The Kier molecular flexibility index (Phi) is 2.64. The van der Waals surface area contributed by atoms with Gasteiger partial charge in [0.05, 0.1) is 0 Å². The maximum Gasteiger partial charge on any atom is 0.166 e. The highest BCUT2D eigenvalue weighted by Gasteiger charge is 1.94. The second kappa shape index (κ2) is 3.71. The summed E-state index contributed by atoms with van der Waals surface area (Å²) in [4.78, 5) is 4.03. The Balaban J connectivity index is 3.02. The van der Waals surface area contributed by atoms with Crippen molar-refractivity contribution < 1.29 is 0 Å². The van der Waals surface area contributed by atoms with Crippen LogP contribution in [0, 0.1) is 0 Å². The van der Waals surface area contributed by atoms with Gasteiger partial charge in [0.15, 0.2) is 13.7 Å². The van der Waals surface area contributed by atoms with E-state index in [1.54, 1.807) is 29.2 Å². The van der Waals surface area contributed by atoms with Crippen molar-refractivity contribution in [2.45, 2.75) is 0 Å². The number of nitrogens with zero attached hydrogens (tertiary/aromatic N) is 3. The second-order valence-corrected chi connectivity index (χ2v) is 2.28. The van der Waals surface area contributed by atoms with Gasteiger partial charge in [0, 0.05) is 18.0 Å².